The highest BCUT2D eigenvalue weighted by atomic mass is 16.7. The molecule has 1 saturated heterocycles. The summed E-state index contributed by atoms with van der Waals surface area (Å²) < 4.78 is 10.6. The fraction of sp³-hybridized carbons (Fsp3) is 0.316. The van der Waals surface area contributed by atoms with E-state index in [1.54, 1.807) is 30.3 Å². The number of benzene rings is 1. The Morgan fingerprint density at radius 1 is 1.00 bits per heavy atom. The Bertz CT molecular complexity index is 846. The number of nitrogens with one attached hydrogen (secondary N) is 1. The standard InChI is InChI=1S/C19H19N3O4/c23-18(21-14-4-5-16-17(11-14)26-12-25-16)15-10-13(6-7-20-15)19(24)22-8-2-1-3-9-22/h4-7,10-11H,1-3,8-9,12H2,(H,21,23). The van der Waals surface area contributed by atoms with Crippen molar-refractivity contribution in [2.45, 2.75) is 19.3 Å². The van der Waals surface area contributed by atoms with Gasteiger partial charge in [0.2, 0.25) is 6.79 Å². The summed E-state index contributed by atoms with van der Waals surface area (Å²) in [5, 5.41) is 2.77. The minimum absolute atomic E-state index is 0.0516. The van der Waals surface area contributed by atoms with Crippen LogP contribution >= 0.6 is 0 Å². The van der Waals surface area contributed by atoms with Crippen LogP contribution in [0.3, 0.4) is 0 Å². The van der Waals surface area contributed by atoms with Gasteiger partial charge in [0.15, 0.2) is 11.5 Å². The molecule has 7 nitrogen and oxygen atoms in total. The number of likely N-dealkylation sites (tertiary alicyclic amines) is 1. The second-order valence-electron chi connectivity index (χ2n) is 6.30. The van der Waals surface area contributed by atoms with E-state index in [0.717, 1.165) is 32.4 Å². The fourth-order valence-electron chi connectivity index (χ4n) is 3.14. The molecule has 0 bridgehead atoms. The summed E-state index contributed by atoms with van der Waals surface area (Å²) in [7, 11) is 0. The molecule has 7 heteroatoms. The van der Waals surface area contributed by atoms with E-state index in [4.69, 9.17) is 9.47 Å². The lowest BCUT2D eigenvalue weighted by Crippen LogP contribution is -2.35. The molecule has 0 spiro atoms. The van der Waals surface area contributed by atoms with Gasteiger partial charge < -0.3 is 19.7 Å². The van der Waals surface area contributed by atoms with Crippen LogP contribution in [0.25, 0.3) is 0 Å². The van der Waals surface area contributed by atoms with E-state index in [9.17, 15) is 9.59 Å². The van der Waals surface area contributed by atoms with Crippen LogP contribution in [0, 0.1) is 0 Å². The van der Waals surface area contributed by atoms with E-state index in [1.165, 1.54) is 6.20 Å². The molecule has 1 aromatic carbocycles. The van der Waals surface area contributed by atoms with Gasteiger partial charge in [0.1, 0.15) is 5.69 Å². The summed E-state index contributed by atoms with van der Waals surface area (Å²) in [6.45, 7) is 1.70. The van der Waals surface area contributed by atoms with Gasteiger partial charge in [0.05, 0.1) is 0 Å². The predicted octanol–water partition coefficient (Wildman–Crippen LogP) is 2.69. The molecular weight excluding hydrogens is 334 g/mol. The van der Waals surface area contributed by atoms with Crippen molar-refractivity contribution in [3.8, 4) is 11.5 Å². The second-order valence-corrected chi connectivity index (χ2v) is 6.30. The van der Waals surface area contributed by atoms with Gasteiger partial charge in [-0.15, -0.1) is 0 Å². The van der Waals surface area contributed by atoms with Crippen molar-refractivity contribution in [3.05, 3.63) is 47.8 Å². The zero-order valence-corrected chi connectivity index (χ0v) is 14.2. The molecule has 2 aliphatic heterocycles. The lowest BCUT2D eigenvalue weighted by atomic mass is 10.1. The molecular formula is C19H19N3O4. The molecule has 26 heavy (non-hydrogen) atoms. The number of piperidine rings is 1. The molecule has 0 radical (unpaired) electrons. The number of fused-ring (bicyclic) bond motifs is 1. The average Bonchev–Trinajstić information content (AvgIpc) is 3.16. The van der Waals surface area contributed by atoms with Crippen molar-refractivity contribution in [1.29, 1.82) is 0 Å². The highest BCUT2D eigenvalue weighted by Crippen LogP contribution is 2.34. The molecule has 0 aliphatic carbocycles. The minimum Gasteiger partial charge on any atom is -0.454 e. The van der Waals surface area contributed by atoms with Crippen LogP contribution in [0.4, 0.5) is 5.69 Å². The third-order valence-electron chi connectivity index (χ3n) is 4.51. The lowest BCUT2D eigenvalue weighted by molar-refractivity contribution is 0.0724. The highest BCUT2D eigenvalue weighted by Gasteiger charge is 2.20. The largest absolute Gasteiger partial charge is 0.454 e. The van der Waals surface area contributed by atoms with Crippen molar-refractivity contribution in [2.75, 3.05) is 25.2 Å². The molecule has 0 saturated carbocycles. The number of aromatic nitrogens is 1. The van der Waals surface area contributed by atoms with Crippen molar-refractivity contribution in [3.63, 3.8) is 0 Å². The van der Waals surface area contributed by atoms with Crippen LogP contribution in [0.1, 0.15) is 40.1 Å². The molecule has 0 atom stereocenters. The number of nitrogens with zero attached hydrogens (tertiary/aromatic N) is 2. The highest BCUT2D eigenvalue weighted by molar-refractivity contribution is 6.04. The summed E-state index contributed by atoms with van der Waals surface area (Å²) in [6, 6.07) is 8.35. The monoisotopic (exact) mass is 353 g/mol. The van der Waals surface area contributed by atoms with E-state index < -0.39 is 0 Å². The first-order valence-corrected chi connectivity index (χ1v) is 8.67. The van der Waals surface area contributed by atoms with Crippen LogP contribution in [-0.4, -0.2) is 41.6 Å². The number of hydrogen-bond acceptors (Lipinski definition) is 5. The lowest BCUT2D eigenvalue weighted by Gasteiger charge is -2.26. The number of amides is 2. The molecule has 1 fully saturated rings. The van der Waals surface area contributed by atoms with E-state index in [0.29, 0.717) is 22.7 Å². The molecule has 1 aromatic heterocycles. The topological polar surface area (TPSA) is 80.8 Å². The first-order chi connectivity index (χ1) is 12.7. The van der Waals surface area contributed by atoms with Crippen LogP contribution in [0.2, 0.25) is 0 Å². The molecule has 2 amide bonds. The zero-order chi connectivity index (χ0) is 17.9. The summed E-state index contributed by atoms with van der Waals surface area (Å²) in [4.78, 5) is 31.0. The maximum atomic E-state index is 12.6. The Morgan fingerprint density at radius 3 is 2.65 bits per heavy atom. The summed E-state index contributed by atoms with van der Waals surface area (Å²) in [5.41, 5.74) is 1.26. The first-order valence-electron chi connectivity index (χ1n) is 8.67. The van der Waals surface area contributed by atoms with Crippen LogP contribution in [0.15, 0.2) is 36.5 Å². The van der Waals surface area contributed by atoms with Crippen molar-refractivity contribution in [1.82, 2.24) is 9.88 Å². The SMILES string of the molecule is O=C(Nc1ccc2c(c1)OCO2)c1cc(C(=O)N2CCCCC2)ccn1. The predicted molar refractivity (Wildman–Crippen MR) is 94.5 cm³/mol. The summed E-state index contributed by atoms with van der Waals surface area (Å²) in [6.07, 6.45) is 4.69. The molecule has 2 aromatic rings. The number of carbonyl (C=O) groups is 2. The van der Waals surface area contributed by atoms with Gasteiger partial charge in [-0.1, -0.05) is 0 Å². The Balaban J connectivity index is 1.48. The quantitative estimate of drug-likeness (QED) is 0.918. The number of ether oxygens (including phenoxy) is 2. The van der Waals surface area contributed by atoms with Crippen LogP contribution < -0.4 is 14.8 Å². The van der Waals surface area contributed by atoms with Gasteiger partial charge >= 0.3 is 0 Å². The van der Waals surface area contributed by atoms with E-state index >= 15 is 0 Å². The van der Waals surface area contributed by atoms with Crippen molar-refractivity contribution < 1.29 is 19.1 Å². The van der Waals surface area contributed by atoms with E-state index in [-0.39, 0.29) is 24.3 Å². The molecule has 4 rings (SSSR count). The smallest absolute Gasteiger partial charge is 0.274 e. The minimum atomic E-state index is -0.378. The number of rotatable bonds is 3. The van der Waals surface area contributed by atoms with E-state index in [1.807, 2.05) is 4.90 Å². The second kappa shape index (κ2) is 7.03. The Hall–Kier alpha value is -3.09. The van der Waals surface area contributed by atoms with Crippen molar-refractivity contribution >= 4 is 17.5 Å². The van der Waals surface area contributed by atoms with Gasteiger partial charge in [-0.25, -0.2) is 0 Å². The third-order valence-corrected chi connectivity index (χ3v) is 4.51. The number of hydrogen-bond donors (Lipinski definition) is 1. The molecule has 1 N–H and O–H groups in total. The van der Waals surface area contributed by atoms with Crippen LogP contribution in [0.5, 0.6) is 11.5 Å². The molecule has 3 heterocycles. The van der Waals surface area contributed by atoms with Gasteiger partial charge in [-0.3, -0.25) is 14.6 Å². The van der Waals surface area contributed by atoms with Crippen molar-refractivity contribution in [2.24, 2.45) is 0 Å². The Kier molecular flexibility index (Phi) is 4.43. The Labute approximate surface area is 150 Å². The first kappa shape index (κ1) is 16.4. The maximum absolute atomic E-state index is 12.6. The number of carbonyl (C=O) groups excluding carboxylic acids is 2. The summed E-state index contributed by atoms with van der Waals surface area (Å²) >= 11 is 0. The van der Waals surface area contributed by atoms with Gasteiger partial charge in [-0.05, 0) is 43.5 Å². The maximum Gasteiger partial charge on any atom is 0.274 e. The normalized spacial score (nSPS) is 15.6. The third kappa shape index (κ3) is 3.33. The van der Waals surface area contributed by atoms with Crippen LogP contribution in [-0.2, 0) is 0 Å². The molecule has 0 unspecified atom stereocenters. The van der Waals surface area contributed by atoms with E-state index in [2.05, 4.69) is 10.3 Å². The fourth-order valence-corrected chi connectivity index (χ4v) is 3.14. The summed E-state index contributed by atoms with van der Waals surface area (Å²) in [5.74, 6) is 0.807. The Morgan fingerprint density at radius 2 is 1.81 bits per heavy atom. The van der Waals surface area contributed by atoms with Gasteiger partial charge in [0.25, 0.3) is 11.8 Å². The van der Waals surface area contributed by atoms with Gasteiger partial charge in [0, 0.05) is 36.6 Å². The average molecular weight is 353 g/mol. The number of pyridine rings is 1. The molecule has 2 aliphatic rings. The number of anilines is 1. The zero-order valence-electron chi connectivity index (χ0n) is 14.2. The molecule has 134 valence electrons. The van der Waals surface area contributed by atoms with Gasteiger partial charge in [-0.2, -0.15) is 0 Å².